The van der Waals surface area contributed by atoms with Gasteiger partial charge in [0.25, 0.3) is 0 Å². The molecular formula is C13H16N2O4S. The minimum absolute atomic E-state index is 0.0337. The Balaban J connectivity index is 2.45. The Bertz CT molecular complexity index is 605. The van der Waals surface area contributed by atoms with Crippen molar-refractivity contribution in [3.05, 3.63) is 35.4 Å². The fourth-order valence-electron chi connectivity index (χ4n) is 1.63. The summed E-state index contributed by atoms with van der Waals surface area (Å²) in [6.07, 6.45) is 0.942. The highest BCUT2D eigenvalue weighted by Gasteiger charge is 2.11. The fraction of sp³-hybridized carbons (Fsp3) is 0.385. The molecule has 6 nitrogen and oxygen atoms in total. The summed E-state index contributed by atoms with van der Waals surface area (Å²) in [5.41, 5.74) is 0.959. The summed E-state index contributed by atoms with van der Waals surface area (Å²) in [5, 5.41) is 17.2. The minimum Gasteiger partial charge on any atom is -0.481 e. The van der Waals surface area contributed by atoms with E-state index in [2.05, 4.69) is 4.72 Å². The first kappa shape index (κ1) is 16.1. The van der Waals surface area contributed by atoms with Gasteiger partial charge in [-0.05, 0) is 30.5 Å². The molecule has 0 fully saturated rings. The van der Waals surface area contributed by atoms with Crippen LogP contribution in [0.15, 0.2) is 24.3 Å². The van der Waals surface area contributed by atoms with Crippen LogP contribution in [-0.2, 0) is 20.6 Å². The molecule has 108 valence electrons. The number of nitrogens with one attached hydrogen (secondary N) is 1. The number of unbranched alkanes of at least 4 members (excludes halogenated alkanes) is 1. The third kappa shape index (κ3) is 6.31. The van der Waals surface area contributed by atoms with Crippen molar-refractivity contribution >= 4 is 16.0 Å². The van der Waals surface area contributed by atoms with Gasteiger partial charge in [0.05, 0.1) is 17.4 Å². The van der Waals surface area contributed by atoms with Crippen molar-refractivity contribution in [2.24, 2.45) is 0 Å². The van der Waals surface area contributed by atoms with Crippen LogP contribution < -0.4 is 4.72 Å². The molecule has 0 unspecified atom stereocenters. The summed E-state index contributed by atoms with van der Waals surface area (Å²) in [6, 6.07) is 8.37. The lowest BCUT2D eigenvalue weighted by atomic mass is 10.2. The molecule has 0 aliphatic carbocycles. The quantitative estimate of drug-likeness (QED) is 0.702. The summed E-state index contributed by atoms with van der Waals surface area (Å²) in [5.74, 6) is -1.08. The maximum absolute atomic E-state index is 11.8. The monoisotopic (exact) mass is 296 g/mol. The molecule has 0 aromatic heterocycles. The zero-order valence-electron chi connectivity index (χ0n) is 10.9. The average molecular weight is 296 g/mol. The highest BCUT2D eigenvalue weighted by molar-refractivity contribution is 7.88. The Labute approximate surface area is 118 Å². The van der Waals surface area contributed by atoms with E-state index in [1.54, 1.807) is 18.2 Å². The molecule has 0 amide bonds. The Morgan fingerprint density at radius 2 is 2.10 bits per heavy atom. The average Bonchev–Trinajstić information content (AvgIpc) is 2.37. The van der Waals surface area contributed by atoms with E-state index in [-0.39, 0.29) is 18.7 Å². The Morgan fingerprint density at radius 1 is 1.35 bits per heavy atom. The molecule has 1 aromatic rings. The van der Waals surface area contributed by atoms with Gasteiger partial charge in [-0.25, -0.2) is 13.1 Å². The van der Waals surface area contributed by atoms with Gasteiger partial charge in [-0.15, -0.1) is 0 Å². The van der Waals surface area contributed by atoms with Gasteiger partial charge in [0, 0.05) is 13.0 Å². The lowest BCUT2D eigenvalue weighted by Crippen LogP contribution is -2.26. The van der Waals surface area contributed by atoms with Crippen molar-refractivity contribution in [3.63, 3.8) is 0 Å². The second kappa shape index (κ2) is 7.62. The van der Waals surface area contributed by atoms with Gasteiger partial charge in [-0.2, -0.15) is 5.26 Å². The number of rotatable bonds is 8. The normalized spacial score (nSPS) is 10.9. The number of carboxylic acids is 1. The molecule has 7 heteroatoms. The van der Waals surface area contributed by atoms with Crippen LogP contribution in [0.5, 0.6) is 0 Å². The number of hydrogen-bond acceptors (Lipinski definition) is 4. The lowest BCUT2D eigenvalue weighted by Gasteiger charge is -2.06. The zero-order valence-corrected chi connectivity index (χ0v) is 11.7. The molecular weight excluding hydrogens is 280 g/mol. The van der Waals surface area contributed by atoms with Crippen molar-refractivity contribution in [1.29, 1.82) is 5.26 Å². The van der Waals surface area contributed by atoms with Gasteiger partial charge in [0.2, 0.25) is 10.0 Å². The number of hydrogen-bond donors (Lipinski definition) is 2. The van der Waals surface area contributed by atoms with Gasteiger partial charge in [-0.1, -0.05) is 12.1 Å². The van der Waals surface area contributed by atoms with Gasteiger partial charge in [-0.3, -0.25) is 4.79 Å². The molecule has 0 saturated heterocycles. The van der Waals surface area contributed by atoms with Crippen LogP contribution in [0.25, 0.3) is 0 Å². The third-order valence-corrected chi connectivity index (χ3v) is 3.91. The summed E-state index contributed by atoms with van der Waals surface area (Å²) < 4.78 is 26.0. The number of carboxylic acid groups (broad SMARTS) is 1. The standard InChI is InChI=1S/C13H16N2O4S/c14-9-11-4-3-5-12(8-11)10-20(18,19)15-7-2-1-6-13(16)17/h3-5,8,15H,1-2,6-7,10H2,(H,16,17). The van der Waals surface area contributed by atoms with E-state index >= 15 is 0 Å². The molecule has 0 aliphatic rings. The van der Waals surface area contributed by atoms with Gasteiger partial charge in [0.1, 0.15) is 0 Å². The van der Waals surface area contributed by atoms with Crippen LogP contribution in [0.3, 0.4) is 0 Å². The Morgan fingerprint density at radius 3 is 2.75 bits per heavy atom. The first-order valence-electron chi connectivity index (χ1n) is 6.11. The summed E-state index contributed by atoms with van der Waals surface area (Å²) >= 11 is 0. The highest BCUT2D eigenvalue weighted by atomic mass is 32.2. The molecule has 20 heavy (non-hydrogen) atoms. The van der Waals surface area contributed by atoms with E-state index in [0.29, 0.717) is 24.0 Å². The predicted molar refractivity (Wildman–Crippen MR) is 73.3 cm³/mol. The van der Waals surface area contributed by atoms with Crippen molar-refractivity contribution in [3.8, 4) is 6.07 Å². The molecule has 0 atom stereocenters. The summed E-state index contributed by atoms with van der Waals surface area (Å²) in [6.45, 7) is 0.216. The molecule has 2 N–H and O–H groups in total. The fourth-order valence-corrected chi connectivity index (χ4v) is 2.81. The zero-order chi connectivity index (χ0) is 15.0. The number of aliphatic carboxylic acids is 1. The Kier molecular flexibility index (Phi) is 6.15. The number of nitriles is 1. The second-order valence-corrected chi connectivity index (χ2v) is 6.12. The smallest absolute Gasteiger partial charge is 0.303 e. The van der Waals surface area contributed by atoms with Crippen LogP contribution in [0.4, 0.5) is 0 Å². The number of nitrogens with zero attached hydrogens (tertiary/aromatic N) is 1. The van der Waals surface area contributed by atoms with Gasteiger partial charge in [0.15, 0.2) is 0 Å². The number of benzene rings is 1. The first-order chi connectivity index (χ1) is 9.43. The molecule has 0 radical (unpaired) electrons. The van der Waals surface area contributed by atoms with Gasteiger partial charge < -0.3 is 5.11 Å². The summed E-state index contributed by atoms with van der Waals surface area (Å²) in [7, 11) is -3.47. The maximum atomic E-state index is 11.8. The maximum Gasteiger partial charge on any atom is 0.303 e. The molecule has 0 aliphatic heterocycles. The molecule has 0 heterocycles. The number of sulfonamides is 1. The van der Waals surface area contributed by atoms with Crippen molar-refractivity contribution in [2.45, 2.75) is 25.0 Å². The van der Waals surface area contributed by atoms with Crippen LogP contribution >= 0.6 is 0 Å². The predicted octanol–water partition coefficient (Wildman–Crippen LogP) is 1.23. The second-order valence-electron chi connectivity index (χ2n) is 4.32. The van der Waals surface area contributed by atoms with E-state index in [9.17, 15) is 13.2 Å². The van der Waals surface area contributed by atoms with E-state index in [1.165, 1.54) is 6.07 Å². The highest BCUT2D eigenvalue weighted by Crippen LogP contribution is 2.08. The van der Waals surface area contributed by atoms with E-state index < -0.39 is 16.0 Å². The molecule has 0 spiro atoms. The molecule has 0 saturated carbocycles. The number of carbonyl (C=O) groups is 1. The minimum atomic E-state index is -3.47. The van der Waals surface area contributed by atoms with Crippen LogP contribution in [0.1, 0.15) is 30.4 Å². The SMILES string of the molecule is N#Cc1cccc(CS(=O)(=O)NCCCCC(=O)O)c1. The molecule has 0 bridgehead atoms. The van der Waals surface area contributed by atoms with Crippen molar-refractivity contribution in [1.82, 2.24) is 4.72 Å². The van der Waals surface area contributed by atoms with Crippen molar-refractivity contribution < 1.29 is 18.3 Å². The van der Waals surface area contributed by atoms with Crippen LogP contribution in [0, 0.1) is 11.3 Å². The lowest BCUT2D eigenvalue weighted by molar-refractivity contribution is -0.137. The first-order valence-corrected chi connectivity index (χ1v) is 7.76. The Hall–Kier alpha value is -1.91. The molecule has 1 rings (SSSR count). The summed E-state index contributed by atoms with van der Waals surface area (Å²) in [4.78, 5) is 10.3. The topological polar surface area (TPSA) is 107 Å². The molecule has 1 aromatic carbocycles. The van der Waals surface area contributed by atoms with Gasteiger partial charge >= 0.3 is 5.97 Å². The largest absolute Gasteiger partial charge is 0.481 e. The van der Waals surface area contributed by atoms with E-state index in [1.807, 2.05) is 6.07 Å². The van der Waals surface area contributed by atoms with Crippen molar-refractivity contribution in [2.75, 3.05) is 6.54 Å². The van der Waals surface area contributed by atoms with Crippen LogP contribution in [0.2, 0.25) is 0 Å². The third-order valence-electron chi connectivity index (χ3n) is 2.55. The van der Waals surface area contributed by atoms with E-state index in [0.717, 1.165) is 0 Å². The van der Waals surface area contributed by atoms with E-state index in [4.69, 9.17) is 10.4 Å². The van der Waals surface area contributed by atoms with Crippen LogP contribution in [-0.4, -0.2) is 26.0 Å².